The molecule has 1 saturated heterocycles. The summed E-state index contributed by atoms with van der Waals surface area (Å²) in [5.74, 6) is -0.883. The van der Waals surface area contributed by atoms with Gasteiger partial charge in [-0.1, -0.05) is 60.7 Å². The lowest BCUT2D eigenvalue weighted by Gasteiger charge is -2.23. The summed E-state index contributed by atoms with van der Waals surface area (Å²) in [5.41, 5.74) is 2.91. The van der Waals surface area contributed by atoms with Gasteiger partial charge >= 0.3 is 12.1 Å². The van der Waals surface area contributed by atoms with Crippen LogP contribution in [0, 0.1) is 0 Å². The third-order valence-corrected chi connectivity index (χ3v) is 6.07. The van der Waals surface area contributed by atoms with E-state index in [9.17, 15) is 14.7 Å². The molecule has 3 aromatic rings. The number of imidazole rings is 1. The normalized spacial score (nSPS) is 16.8. The predicted molar refractivity (Wildman–Crippen MR) is 127 cm³/mol. The summed E-state index contributed by atoms with van der Waals surface area (Å²) in [5, 5.41) is 12.7. The van der Waals surface area contributed by atoms with E-state index in [4.69, 9.17) is 4.74 Å². The fourth-order valence-corrected chi connectivity index (χ4v) is 4.23. The zero-order valence-corrected chi connectivity index (χ0v) is 19.0. The molecule has 34 heavy (non-hydrogen) atoms. The van der Waals surface area contributed by atoms with Gasteiger partial charge in [0, 0.05) is 38.3 Å². The summed E-state index contributed by atoms with van der Waals surface area (Å²) >= 11 is 0. The fourth-order valence-electron chi connectivity index (χ4n) is 4.23. The van der Waals surface area contributed by atoms with Crippen molar-refractivity contribution in [2.24, 2.45) is 0 Å². The van der Waals surface area contributed by atoms with E-state index in [0.29, 0.717) is 25.9 Å². The maximum Gasteiger partial charge on any atom is 0.407 e. The maximum absolute atomic E-state index is 12.2. The maximum atomic E-state index is 12.2. The largest absolute Gasteiger partial charge is 0.480 e. The number of hydrogen-bond donors (Lipinski definition) is 2. The molecule has 0 spiro atoms. The summed E-state index contributed by atoms with van der Waals surface area (Å²) in [6.45, 7) is 2.05. The van der Waals surface area contributed by atoms with Gasteiger partial charge in [-0.3, -0.25) is 9.69 Å². The van der Waals surface area contributed by atoms with Crippen molar-refractivity contribution in [1.29, 1.82) is 0 Å². The van der Waals surface area contributed by atoms with Crippen LogP contribution in [-0.2, 0) is 35.5 Å². The number of hydrogen-bond acceptors (Lipinski definition) is 5. The van der Waals surface area contributed by atoms with Gasteiger partial charge in [0.1, 0.15) is 12.6 Å². The van der Waals surface area contributed by atoms with Crippen LogP contribution >= 0.6 is 0 Å². The standard InChI is InChI=1S/C26H30N4O4/c31-25(32)24(15-23-16-29(19-27-23)13-11-20-7-3-1-4-8-20)30-14-12-22(17-30)28-26(33)34-18-21-9-5-2-6-10-21/h1-10,16,19,22,24H,11-15,17-18H2,(H,28,33)(H,31,32). The number of carboxylic acid groups (broad SMARTS) is 1. The first kappa shape index (κ1) is 23.5. The number of nitrogens with zero attached hydrogens (tertiary/aromatic N) is 3. The molecule has 0 saturated carbocycles. The van der Waals surface area contributed by atoms with Gasteiger partial charge in [-0.25, -0.2) is 9.78 Å². The monoisotopic (exact) mass is 462 g/mol. The molecular weight excluding hydrogens is 432 g/mol. The molecule has 2 heterocycles. The zero-order chi connectivity index (χ0) is 23.8. The summed E-state index contributed by atoms with van der Waals surface area (Å²) in [6.07, 6.45) is 5.08. The molecule has 8 nitrogen and oxygen atoms in total. The Labute approximate surface area is 199 Å². The van der Waals surface area contributed by atoms with Crippen molar-refractivity contribution in [3.05, 3.63) is 90.0 Å². The molecule has 2 N–H and O–H groups in total. The summed E-state index contributed by atoms with van der Waals surface area (Å²) < 4.78 is 7.29. The molecule has 2 atom stereocenters. The average Bonchev–Trinajstić information content (AvgIpc) is 3.50. The number of amides is 1. The smallest absolute Gasteiger partial charge is 0.407 e. The number of nitrogens with one attached hydrogen (secondary N) is 1. The van der Waals surface area contributed by atoms with Crippen molar-refractivity contribution in [2.75, 3.05) is 13.1 Å². The van der Waals surface area contributed by atoms with E-state index in [1.165, 1.54) is 5.56 Å². The van der Waals surface area contributed by atoms with Crippen LogP contribution in [-0.4, -0.2) is 56.8 Å². The first-order valence-corrected chi connectivity index (χ1v) is 11.6. The summed E-state index contributed by atoms with van der Waals surface area (Å²) in [4.78, 5) is 30.5. The van der Waals surface area contributed by atoms with Gasteiger partial charge in [-0.15, -0.1) is 0 Å². The van der Waals surface area contributed by atoms with Crippen LogP contribution in [0.4, 0.5) is 4.79 Å². The number of likely N-dealkylation sites (tertiary alicyclic amines) is 1. The molecule has 8 heteroatoms. The lowest BCUT2D eigenvalue weighted by molar-refractivity contribution is -0.142. The highest BCUT2D eigenvalue weighted by Gasteiger charge is 2.33. The highest BCUT2D eigenvalue weighted by molar-refractivity contribution is 5.74. The van der Waals surface area contributed by atoms with E-state index < -0.39 is 18.1 Å². The Morgan fingerprint density at radius 1 is 1.09 bits per heavy atom. The second-order valence-electron chi connectivity index (χ2n) is 8.58. The number of benzene rings is 2. The lowest BCUT2D eigenvalue weighted by Crippen LogP contribution is -2.44. The summed E-state index contributed by atoms with van der Waals surface area (Å²) in [6, 6.07) is 18.9. The number of carbonyl (C=O) groups is 2. The number of alkyl carbamates (subject to hydrolysis) is 1. The predicted octanol–water partition coefficient (Wildman–Crippen LogP) is 3.12. The zero-order valence-electron chi connectivity index (χ0n) is 19.0. The highest BCUT2D eigenvalue weighted by atomic mass is 16.5. The molecule has 0 bridgehead atoms. The van der Waals surface area contributed by atoms with Gasteiger partial charge < -0.3 is 19.7 Å². The van der Waals surface area contributed by atoms with Gasteiger partial charge in [-0.2, -0.15) is 0 Å². The Balaban J connectivity index is 1.25. The highest BCUT2D eigenvalue weighted by Crippen LogP contribution is 2.17. The molecular formula is C26H30N4O4. The lowest BCUT2D eigenvalue weighted by atomic mass is 10.1. The minimum Gasteiger partial charge on any atom is -0.480 e. The van der Waals surface area contributed by atoms with Gasteiger partial charge in [-0.05, 0) is 24.0 Å². The van der Waals surface area contributed by atoms with Crippen molar-refractivity contribution in [3.8, 4) is 0 Å². The van der Waals surface area contributed by atoms with E-state index in [1.807, 2.05) is 64.2 Å². The van der Waals surface area contributed by atoms with E-state index >= 15 is 0 Å². The van der Waals surface area contributed by atoms with Crippen LogP contribution in [0.3, 0.4) is 0 Å². The van der Waals surface area contributed by atoms with Crippen molar-refractivity contribution >= 4 is 12.1 Å². The molecule has 0 aliphatic carbocycles. The van der Waals surface area contributed by atoms with Crippen LogP contribution in [0.5, 0.6) is 0 Å². The number of rotatable bonds is 10. The molecule has 1 aliphatic rings. The topological polar surface area (TPSA) is 96.7 Å². The third-order valence-electron chi connectivity index (χ3n) is 6.07. The molecule has 178 valence electrons. The molecule has 2 aromatic carbocycles. The Kier molecular flexibility index (Phi) is 7.93. The number of ether oxygens (including phenoxy) is 1. The van der Waals surface area contributed by atoms with Crippen molar-refractivity contribution in [1.82, 2.24) is 19.8 Å². The fraction of sp³-hybridized carbons (Fsp3) is 0.346. The molecule has 4 rings (SSSR count). The second-order valence-corrected chi connectivity index (χ2v) is 8.58. The first-order valence-electron chi connectivity index (χ1n) is 11.6. The van der Waals surface area contributed by atoms with E-state index in [-0.39, 0.29) is 12.6 Å². The molecule has 2 unspecified atom stereocenters. The van der Waals surface area contributed by atoms with E-state index in [2.05, 4.69) is 22.4 Å². The van der Waals surface area contributed by atoms with E-state index in [1.54, 1.807) is 6.33 Å². The molecule has 0 radical (unpaired) electrons. The number of carboxylic acids is 1. The van der Waals surface area contributed by atoms with E-state index in [0.717, 1.165) is 24.2 Å². The van der Waals surface area contributed by atoms with Crippen molar-refractivity contribution in [3.63, 3.8) is 0 Å². The third kappa shape index (κ3) is 6.68. The Bertz CT molecular complexity index is 1070. The molecule has 1 aromatic heterocycles. The summed E-state index contributed by atoms with van der Waals surface area (Å²) in [7, 11) is 0. The molecule has 1 fully saturated rings. The van der Waals surface area contributed by atoms with Gasteiger partial charge in [0.15, 0.2) is 0 Å². The number of aryl methyl sites for hydroxylation is 2. The van der Waals surface area contributed by atoms with Crippen LogP contribution < -0.4 is 5.32 Å². The van der Waals surface area contributed by atoms with Crippen LogP contribution in [0.15, 0.2) is 73.2 Å². The minimum atomic E-state index is -0.883. The SMILES string of the molecule is O=C(NC1CCN(C(Cc2cn(CCc3ccccc3)cn2)C(=O)O)C1)OCc1ccccc1. The van der Waals surface area contributed by atoms with Gasteiger partial charge in [0.25, 0.3) is 0 Å². The number of carbonyl (C=O) groups excluding carboxylic acids is 1. The van der Waals surface area contributed by atoms with Crippen LogP contribution in [0.1, 0.15) is 23.2 Å². The average molecular weight is 463 g/mol. The molecule has 1 amide bonds. The number of aromatic nitrogens is 2. The van der Waals surface area contributed by atoms with Gasteiger partial charge in [0.05, 0.1) is 12.0 Å². The van der Waals surface area contributed by atoms with Crippen LogP contribution in [0.25, 0.3) is 0 Å². The minimum absolute atomic E-state index is 0.145. The Morgan fingerprint density at radius 3 is 2.50 bits per heavy atom. The van der Waals surface area contributed by atoms with Crippen LogP contribution in [0.2, 0.25) is 0 Å². The Hall–Kier alpha value is -3.65. The van der Waals surface area contributed by atoms with Gasteiger partial charge in [0.2, 0.25) is 0 Å². The first-order chi connectivity index (χ1) is 16.6. The quantitative estimate of drug-likeness (QED) is 0.481. The Morgan fingerprint density at radius 2 is 1.79 bits per heavy atom. The van der Waals surface area contributed by atoms with Crippen molar-refractivity contribution in [2.45, 2.75) is 44.5 Å². The van der Waals surface area contributed by atoms with Crippen molar-refractivity contribution < 1.29 is 19.4 Å². The second kappa shape index (κ2) is 11.5. The molecule has 1 aliphatic heterocycles. The number of aliphatic carboxylic acids is 1.